The van der Waals surface area contributed by atoms with Crippen molar-refractivity contribution in [3.8, 4) is 0 Å². The van der Waals surface area contributed by atoms with Crippen LogP contribution in [-0.4, -0.2) is 67.3 Å². The minimum atomic E-state index is -0.0296. The summed E-state index contributed by atoms with van der Waals surface area (Å²) in [7, 11) is 0. The molecule has 2 saturated heterocycles. The average molecular weight is 441 g/mol. The standard InChI is InChI=1S/C20H36N2O4.2ClH/c1-3-24-18-8-7-15-22(18)20(21-13-5-6-14-21)26-17-11-9-16(10-12-17)19(23)25-4-2;;/h16-18,20H,3-15H2,1-2H3;2*1H/t16-,17-,18?,20?;;. The van der Waals surface area contributed by atoms with E-state index in [1.165, 1.54) is 19.3 Å². The third-order valence-electron chi connectivity index (χ3n) is 5.94. The molecule has 3 aliphatic rings. The summed E-state index contributed by atoms with van der Waals surface area (Å²) in [6.07, 6.45) is 8.87. The highest BCUT2D eigenvalue weighted by atomic mass is 35.5. The Morgan fingerprint density at radius 3 is 2.21 bits per heavy atom. The number of hydrogen-bond acceptors (Lipinski definition) is 6. The normalized spacial score (nSPS) is 29.7. The van der Waals surface area contributed by atoms with Crippen LogP contribution in [0.5, 0.6) is 0 Å². The zero-order valence-electron chi connectivity index (χ0n) is 17.3. The van der Waals surface area contributed by atoms with Gasteiger partial charge in [-0.2, -0.15) is 0 Å². The first-order valence-corrected chi connectivity index (χ1v) is 10.7. The molecule has 2 unspecified atom stereocenters. The summed E-state index contributed by atoms with van der Waals surface area (Å²) in [5.74, 6) is 0.0287. The monoisotopic (exact) mass is 440 g/mol. The fourth-order valence-electron chi connectivity index (χ4n) is 4.59. The van der Waals surface area contributed by atoms with Crippen molar-refractivity contribution in [1.29, 1.82) is 0 Å². The summed E-state index contributed by atoms with van der Waals surface area (Å²) >= 11 is 0. The van der Waals surface area contributed by atoms with Crippen molar-refractivity contribution >= 4 is 30.8 Å². The van der Waals surface area contributed by atoms with Gasteiger partial charge in [0.2, 0.25) is 0 Å². The number of hydrogen-bond donors (Lipinski definition) is 0. The molecule has 0 amide bonds. The summed E-state index contributed by atoms with van der Waals surface area (Å²) in [5, 5.41) is 0. The molecule has 8 heteroatoms. The second-order valence-corrected chi connectivity index (χ2v) is 7.72. The third-order valence-corrected chi connectivity index (χ3v) is 5.94. The van der Waals surface area contributed by atoms with Gasteiger partial charge in [-0.15, -0.1) is 24.8 Å². The van der Waals surface area contributed by atoms with E-state index in [1.54, 1.807) is 0 Å². The second-order valence-electron chi connectivity index (χ2n) is 7.72. The van der Waals surface area contributed by atoms with E-state index in [4.69, 9.17) is 14.2 Å². The van der Waals surface area contributed by atoms with Crippen LogP contribution in [0.3, 0.4) is 0 Å². The molecule has 0 aromatic heterocycles. The number of rotatable bonds is 8. The maximum absolute atomic E-state index is 12.0. The fourth-order valence-corrected chi connectivity index (χ4v) is 4.59. The van der Waals surface area contributed by atoms with E-state index in [2.05, 4.69) is 16.7 Å². The molecule has 0 N–H and O–H groups in total. The number of likely N-dealkylation sites (tertiary alicyclic amines) is 2. The summed E-state index contributed by atoms with van der Waals surface area (Å²) in [6.45, 7) is 8.43. The van der Waals surface area contributed by atoms with Crippen molar-refractivity contribution < 1.29 is 19.0 Å². The second kappa shape index (κ2) is 13.2. The Kier molecular flexibility index (Phi) is 12.3. The molecule has 1 saturated carbocycles. The molecule has 28 heavy (non-hydrogen) atoms. The Bertz CT molecular complexity index is 444. The lowest BCUT2D eigenvalue weighted by Gasteiger charge is -2.41. The highest BCUT2D eigenvalue weighted by molar-refractivity contribution is 5.85. The van der Waals surface area contributed by atoms with Crippen molar-refractivity contribution in [2.75, 3.05) is 32.8 Å². The molecule has 0 radical (unpaired) electrons. The van der Waals surface area contributed by atoms with Crippen LogP contribution in [0.2, 0.25) is 0 Å². The molecular weight excluding hydrogens is 403 g/mol. The van der Waals surface area contributed by atoms with E-state index in [0.29, 0.717) is 6.61 Å². The summed E-state index contributed by atoms with van der Waals surface area (Å²) in [4.78, 5) is 16.9. The van der Waals surface area contributed by atoms with Gasteiger partial charge in [0.05, 0.1) is 18.6 Å². The van der Waals surface area contributed by atoms with Crippen LogP contribution in [0, 0.1) is 5.92 Å². The van der Waals surface area contributed by atoms with Crippen LogP contribution < -0.4 is 0 Å². The SMILES string of the molecule is CCOC(=O)[C@H]1CC[C@H](OC(N2CCCC2)N2CCCC2OCC)CC1.Cl.Cl. The third kappa shape index (κ3) is 6.71. The van der Waals surface area contributed by atoms with Gasteiger partial charge in [-0.05, 0) is 65.2 Å². The van der Waals surface area contributed by atoms with Crippen molar-refractivity contribution in [2.45, 2.75) is 83.9 Å². The van der Waals surface area contributed by atoms with Crippen LogP contribution in [-0.2, 0) is 19.0 Å². The van der Waals surface area contributed by atoms with E-state index in [9.17, 15) is 4.79 Å². The first-order valence-electron chi connectivity index (χ1n) is 10.7. The largest absolute Gasteiger partial charge is 0.466 e. The lowest BCUT2D eigenvalue weighted by molar-refractivity contribution is -0.217. The maximum Gasteiger partial charge on any atom is 0.308 e. The van der Waals surface area contributed by atoms with E-state index in [1.807, 2.05) is 6.92 Å². The lowest BCUT2D eigenvalue weighted by atomic mass is 9.87. The minimum absolute atomic E-state index is 0. The highest BCUT2D eigenvalue weighted by Gasteiger charge is 2.38. The van der Waals surface area contributed by atoms with Gasteiger partial charge in [-0.3, -0.25) is 9.69 Å². The van der Waals surface area contributed by atoms with Crippen LogP contribution in [0.15, 0.2) is 0 Å². The Hall–Kier alpha value is -0.110. The number of carbonyl (C=O) groups excluding carboxylic acids is 1. The van der Waals surface area contributed by atoms with Gasteiger partial charge >= 0.3 is 5.97 Å². The molecule has 2 atom stereocenters. The van der Waals surface area contributed by atoms with E-state index in [-0.39, 0.29) is 55.4 Å². The first-order chi connectivity index (χ1) is 12.7. The zero-order valence-corrected chi connectivity index (χ0v) is 19.0. The molecule has 1 aliphatic carbocycles. The van der Waals surface area contributed by atoms with Gasteiger partial charge in [-0.25, -0.2) is 4.90 Å². The molecule has 0 aromatic carbocycles. The Balaban J connectivity index is 0.00000196. The highest BCUT2D eigenvalue weighted by Crippen LogP contribution is 2.32. The molecule has 0 bridgehead atoms. The molecule has 6 nitrogen and oxygen atoms in total. The van der Waals surface area contributed by atoms with Gasteiger partial charge < -0.3 is 14.2 Å². The molecule has 0 aromatic rings. The van der Waals surface area contributed by atoms with Crippen LogP contribution in [0.1, 0.15) is 65.2 Å². The molecule has 2 aliphatic heterocycles. The number of nitrogens with zero attached hydrogens (tertiary/aromatic N) is 2. The van der Waals surface area contributed by atoms with E-state index in [0.717, 1.165) is 58.3 Å². The van der Waals surface area contributed by atoms with Crippen LogP contribution in [0.25, 0.3) is 0 Å². The predicted octanol–water partition coefficient (Wildman–Crippen LogP) is 3.81. The van der Waals surface area contributed by atoms with Crippen molar-refractivity contribution in [3.63, 3.8) is 0 Å². The quantitative estimate of drug-likeness (QED) is 0.534. The van der Waals surface area contributed by atoms with Gasteiger partial charge in [0.15, 0.2) is 6.35 Å². The smallest absolute Gasteiger partial charge is 0.308 e. The topological polar surface area (TPSA) is 51.2 Å². The maximum atomic E-state index is 12.0. The van der Waals surface area contributed by atoms with Gasteiger partial charge in [0, 0.05) is 26.2 Å². The van der Waals surface area contributed by atoms with Gasteiger partial charge in [-0.1, -0.05) is 0 Å². The molecular formula is C20H38Cl2N2O4. The van der Waals surface area contributed by atoms with Gasteiger partial charge in [0.1, 0.15) is 6.23 Å². The lowest BCUT2D eigenvalue weighted by Crippen LogP contribution is -2.53. The van der Waals surface area contributed by atoms with Crippen molar-refractivity contribution in [1.82, 2.24) is 9.80 Å². The first kappa shape index (κ1) is 25.9. The van der Waals surface area contributed by atoms with E-state index >= 15 is 0 Å². The number of ether oxygens (including phenoxy) is 3. The minimum Gasteiger partial charge on any atom is -0.466 e. The average Bonchev–Trinajstić information content (AvgIpc) is 3.33. The van der Waals surface area contributed by atoms with E-state index < -0.39 is 0 Å². The fraction of sp³-hybridized carbons (Fsp3) is 0.950. The zero-order chi connectivity index (χ0) is 18.4. The molecule has 3 rings (SSSR count). The van der Waals surface area contributed by atoms with Gasteiger partial charge in [0.25, 0.3) is 0 Å². The number of esters is 1. The summed E-state index contributed by atoms with van der Waals surface area (Å²) < 4.78 is 17.8. The van der Waals surface area contributed by atoms with Crippen LogP contribution in [0.4, 0.5) is 0 Å². The van der Waals surface area contributed by atoms with Crippen molar-refractivity contribution in [2.24, 2.45) is 5.92 Å². The Morgan fingerprint density at radius 2 is 1.61 bits per heavy atom. The van der Waals surface area contributed by atoms with Crippen molar-refractivity contribution in [3.05, 3.63) is 0 Å². The Labute approximate surface area is 182 Å². The van der Waals surface area contributed by atoms with Crippen LogP contribution >= 0.6 is 24.8 Å². The Morgan fingerprint density at radius 1 is 0.929 bits per heavy atom. The molecule has 0 spiro atoms. The predicted molar refractivity (Wildman–Crippen MR) is 114 cm³/mol. The molecule has 166 valence electrons. The number of halogens is 2. The summed E-state index contributed by atoms with van der Waals surface area (Å²) in [5.41, 5.74) is 0. The number of carbonyl (C=O) groups is 1. The summed E-state index contributed by atoms with van der Waals surface area (Å²) in [6, 6.07) is 0. The molecule has 3 fully saturated rings. The molecule has 2 heterocycles.